The summed E-state index contributed by atoms with van der Waals surface area (Å²) in [6.07, 6.45) is 2.90. The maximum absolute atomic E-state index is 15.1. The summed E-state index contributed by atoms with van der Waals surface area (Å²) in [7, 11) is -4.63. The van der Waals surface area contributed by atoms with Crippen molar-refractivity contribution in [3.63, 3.8) is 0 Å². The number of nitrogens with one attached hydrogen (secondary N) is 1. The summed E-state index contributed by atoms with van der Waals surface area (Å²) in [5, 5.41) is -0.290. The maximum Gasteiger partial charge on any atom is 0.497 e. The second-order valence-electron chi connectivity index (χ2n) is 8.00. The third-order valence-electron chi connectivity index (χ3n) is 5.57. The van der Waals surface area contributed by atoms with Crippen molar-refractivity contribution in [2.45, 2.75) is 69.8 Å². The van der Waals surface area contributed by atoms with Crippen LogP contribution in [0, 0.1) is 5.82 Å². The number of anilines is 1. The second kappa shape index (κ2) is 6.65. The summed E-state index contributed by atoms with van der Waals surface area (Å²) in [6, 6.07) is 2.69. The predicted octanol–water partition coefficient (Wildman–Crippen LogP) is 3.46. The molecule has 1 aromatic rings. The summed E-state index contributed by atoms with van der Waals surface area (Å²) in [5.74, 6) is -0.727. The zero-order chi connectivity index (χ0) is 19.3. The van der Waals surface area contributed by atoms with E-state index in [1.807, 2.05) is 27.7 Å². The normalized spacial score (nSPS) is 22.8. The number of hydrogen-bond donors (Lipinski definition) is 1. The molecule has 1 heterocycles. The van der Waals surface area contributed by atoms with Gasteiger partial charge in [0.2, 0.25) is 10.0 Å². The lowest BCUT2D eigenvalue weighted by Crippen LogP contribution is -2.41. The van der Waals surface area contributed by atoms with Crippen LogP contribution in [0.2, 0.25) is 5.02 Å². The largest absolute Gasteiger partial charge is 0.497 e. The molecule has 1 saturated heterocycles. The molecule has 0 atom stereocenters. The molecule has 3 rings (SSSR count). The minimum atomic E-state index is -3.67. The van der Waals surface area contributed by atoms with Crippen LogP contribution in [0.25, 0.3) is 0 Å². The number of rotatable bonds is 4. The molecule has 1 aliphatic heterocycles. The van der Waals surface area contributed by atoms with Crippen LogP contribution in [0.15, 0.2) is 12.1 Å². The zero-order valence-corrected chi connectivity index (χ0v) is 17.0. The Balaban J connectivity index is 1.93. The van der Waals surface area contributed by atoms with Gasteiger partial charge < -0.3 is 9.31 Å². The van der Waals surface area contributed by atoms with Gasteiger partial charge in [-0.2, -0.15) is 0 Å². The van der Waals surface area contributed by atoms with Crippen LogP contribution in [0.1, 0.15) is 53.4 Å². The van der Waals surface area contributed by atoms with E-state index in [9.17, 15) is 8.42 Å². The number of halogens is 2. The first-order valence-corrected chi connectivity index (χ1v) is 10.7. The van der Waals surface area contributed by atoms with Crippen LogP contribution in [-0.2, 0) is 19.3 Å². The van der Waals surface area contributed by atoms with Crippen LogP contribution in [0.5, 0.6) is 0 Å². The maximum atomic E-state index is 15.1. The summed E-state index contributed by atoms with van der Waals surface area (Å²) in [6.45, 7) is 7.44. The van der Waals surface area contributed by atoms with Crippen molar-refractivity contribution in [3.8, 4) is 0 Å². The Morgan fingerprint density at radius 2 is 1.69 bits per heavy atom. The lowest BCUT2D eigenvalue weighted by molar-refractivity contribution is 0.00578. The second-order valence-corrected chi connectivity index (χ2v) is 10.4. The van der Waals surface area contributed by atoms with Gasteiger partial charge in [-0.3, -0.25) is 4.72 Å². The van der Waals surface area contributed by atoms with Gasteiger partial charge in [-0.25, -0.2) is 12.8 Å². The molecule has 0 unspecified atom stereocenters. The first kappa shape index (κ1) is 19.9. The van der Waals surface area contributed by atoms with Gasteiger partial charge in [0.1, 0.15) is 5.82 Å². The Kier molecular flexibility index (Phi) is 5.10. The summed E-state index contributed by atoms with van der Waals surface area (Å²) >= 11 is 6.12. The molecule has 0 bridgehead atoms. The van der Waals surface area contributed by atoms with Crippen LogP contribution < -0.4 is 10.2 Å². The summed E-state index contributed by atoms with van der Waals surface area (Å²) in [5.41, 5.74) is -1.37. The Morgan fingerprint density at radius 1 is 1.15 bits per heavy atom. The lowest BCUT2D eigenvalue weighted by atomic mass is 9.78. The molecule has 1 aromatic carbocycles. The molecule has 5 nitrogen and oxygen atoms in total. The van der Waals surface area contributed by atoms with Crippen molar-refractivity contribution in [1.29, 1.82) is 0 Å². The molecule has 1 saturated carbocycles. The number of benzene rings is 1. The molecular formula is C17H24BClFNO4S. The van der Waals surface area contributed by atoms with Gasteiger partial charge in [-0.15, -0.1) is 0 Å². The molecule has 0 radical (unpaired) electrons. The molecule has 2 fully saturated rings. The molecule has 1 N–H and O–H groups in total. The van der Waals surface area contributed by atoms with E-state index in [2.05, 4.69) is 4.72 Å². The van der Waals surface area contributed by atoms with E-state index in [1.165, 1.54) is 12.1 Å². The highest BCUT2D eigenvalue weighted by Crippen LogP contribution is 2.37. The van der Waals surface area contributed by atoms with E-state index in [0.29, 0.717) is 12.8 Å². The van der Waals surface area contributed by atoms with E-state index >= 15 is 4.39 Å². The van der Waals surface area contributed by atoms with Gasteiger partial charge in [0.15, 0.2) is 0 Å². The molecule has 1 aliphatic carbocycles. The van der Waals surface area contributed by atoms with Crippen molar-refractivity contribution < 1.29 is 22.1 Å². The van der Waals surface area contributed by atoms with Crippen LogP contribution in [0.4, 0.5) is 10.1 Å². The molecule has 26 heavy (non-hydrogen) atoms. The lowest BCUT2D eigenvalue weighted by Gasteiger charge is -2.32. The topological polar surface area (TPSA) is 64.6 Å². The minimum absolute atomic E-state index is 0.0836. The first-order valence-electron chi connectivity index (χ1n) is 8.79. The van der Waals surface area contributed by atoms with Gasteiger partial charge in [0.25, 0.3) is 0 Å². The van der Waals surface area contributed by atoms with E-state index in [-0.39, 0.29) is 16.2 Å². The summed E-state index contributed by atoms with van der Waals surface area (Å²) < 4.78 is 54.2. The SMILES string of the molecule is CC1(C)OB(c2cc(Cl)cc(NS(=O)(=O)C3CCCC3)c2F)OC1(C)C. The fourth-order valence-corrected chi connectivity index (χ4v) is 5.06. The smallest absolute Gasteiger partial charge is 0.399 e. The van der Waals surface area contributed by atoms with Crippen molar-refractivity contribution in [2.24, 2.45) is 0 Å². The van der Waals surface area contributed by atoms with E-state index in [1.54, 1.807) is 0 Å². The number of hydrogen-bond acceptors (Lipinski definition) is 4. The van der Waals surface area contributed by atoms with Crippen molar-refractivity contribution in [1.82, 2.24) is 0 Å². The molecule has 0 amide bonds. The van der Waals surface area contributed by atoms with E-state index < -0.39 is 39.4 Å². The monoisotopic (exact) mass is 403 g/mol. The van der Waals surface area contributed by atoms with Crippen LogP contribution in [0.3, 0.4) is 0 Å². The Labute approximate surface area is 159 Å². The Hall–Kier alpha value is -0.825. The fraction of sp³-hybridized carbons (Fsp3) is 0.647. The third-order valence-corrected chi connectivity index (χ3v) is 7.64. The van der Waals surface area contributed by atoms with Gasteiger partial charge in [-0.05, 0) is 52.7 Å². The minimum Gasteiger partial charge on any atom is -0.399 e. The van der Waals surface area contributed by atoms with Gasteiger partial charge >= 0.3 is 7.12 Å². The highest BCUT2D eigenvalue weighted by molar-refractivity contribution is 7.93. The molecule has 9 heteroatoms. The molecular weight excluding hydrogens is 380 g/mol. The van der Waals surface area contributed by atoms with Gasteiger partial charge in [0, 0.05) is 10.5 Å². The summed E-state index contributed by atoms with van der Waals surface area (Å²) in [4.78, 5) is 0. The first-order chi connectivity index (χ1) is 11.9. The highest BCUT2D eigenvalue weighted by Gasteiger charge is 2.52. The molecule has 0 spiro atoms. The predicted molar refractivity (Wildman–Crippen MR) is 102 cm³/mol. The third kappa shape index (κ3) is 3.61. The highest BCUT2D eigenvalue weighted by atomic mass is 35.5. The van der Waals surface area contributed by atoms with Crippen LogP contribution >= 0.6 is 11.6 Å². The molecule has 0 aromatic heterocycles. The van der Waals surface area contributed by atoms with Crippen molar-refractivity contribution in [3.05, 3.63) is 23.0 Å². The quantitative estimate of drug-likeness (QED) is 0.782. The molecule has 144 valence electrons. The average Bonchev–Trinajstić information content (AvgIpc) is 3.10. The van der Waals surface area contributed by atoms with Crippen molar-refractivity contribution >= 4 is 39.9 Å². The average molecular weight is 404 g/mol. The van der Waals surface area contributed by atoms with Gasteiger partial charge in [-0.1, -0.05) is 24.4 Å². The van der Waals surface area contributed by atoms with Crippen LogP contribution in [-0.4, -0.2) is 32.0 Å². The van der Waals surface area contributed by atoms with Crippen molar-refractivity contribution in [2.75, 3.05) is 4.72 Å². The standard InChI is InChI=1S/C17H24BClFNO4S/c1-16(2)17(3,4)25-18(24-16)13-9-11(19)10-14(15(13)20)21-26(22,23)12-7-5-6-8-12/h9-10,12,21H,5-8H2,1-4H3. The molecule has 2 aliphatic rings. The van der Waals surface area contributed by atoms with E-state index in [4.69, 9.17) is 20.9 Å². The van der Waals surface area contributed by atoms with E-state index in [0.717, 1.165) is 12.8 Å². The van der Waals surface area contributed by atoms with Gasteiger partial charge in [0.05, 0.1) is 22.1 Å². The Bertz CT molecular complexity index is 793. The number of sulfonamides is 1. The zero-order valence-electron chi connectivity index (χ0n) is 15.4. The Morgan fingerprint density at radius 3 is 2.23 bits per heavy atom. The fourth-order valence-electron chi connectivity index (χ4n) is 3.26.